The second-order valence-corrected chi connectivity index (χ2v) is 13.3. The topological polar surface area (TPSA) is 113 Å². The standard InChI is InChI=1S/C36H45F4N7O4/c1-5-23(11-12-44(3)21-22-18-41-19-22)34(49)46-13-15-47(16-14-46)35(50)26-8-7-25(17-24(26)6-2)43-33(48)32-42-20-28(45(32)4)27-9-10-29(51-36(39)40)31(38)30(27)37/h7-10,17,20,22-23,36,41H,5-6,11-16,18-19,21H2,1-4H3,(H,43,48)/p+1. The third-order valence-electron chi connectivity index (χ3n) is 9.85. The first-order valence-corrected chi connectivity index (χ1v) is 17.4. The van der Waals surface area contributed by atoms with Crippen molar-refractivity contribution in [3.63, 3.8) is 0 Å². The summed E-state index contributed by atoms with van der Waals surface area (Å²) in [4.78, 5) is 49.3. The molecule has 2 atom stereocenters. The van der Waals surface area contributed by atoms with Crippen LogP contribution in [0.2, 0.25) is 0 Å². The number of piperazine rings is 1. The van der Waals surface area contributed by atoms with Crippen molar-refractivity contribution in [3.8, 4) is 17.0 Å². The van der Waals surface area contributed by atoms with E-state index in [0.717, 1.165) is 62.6 Å². The number of rotatable bonds is 14. The zero-order chi connectivity index (χ0) is 36.8. The van der Waals surface area contributed by atoms with Crippen molar-refractivity contribution in [1.82, 2.24) is 24.7 Å². The van der Waals surface area contributed by atoms with Gasteiger partial charge in [0.05, 0.1) is 32.0 Å². The van der Waals surface area contributed by atoms with Gasteiger partial charge in [-0.05, 0) is 48.7 Å². The molecule has 2 saturated heterocycles. The highest BCUT2D eigenvalue weighted by Crippen LogP contribution is 2.31. The van der Waals surface area contributed by atoms with Gasteiger partial charge in [-0.15, -0.1) is 0 Å². The number of halogens is 4. The Morgan fingerprint density at radius 3 is 2.37 bits per heavy atom. The predicted molar refractivity (Wildman–Crippen MR) is 183 cm³/mol. The summed E-state index contributed by atoms with van der Waals surface area (Å²) in [6, 6.07) is 6.91. The van der Waals surface area contributed by atoms with E-state index < -0.39 is 29.9 Å². The molecule has 3 N–H and O–H groups in total. The maximum Gasteiger partial charge on any atom is 0.387 e. The Balaban J connectivity index is 1.18. The zero-order valence-corrected chi connectivity index (χ0v) is 29.4. The van der Waals surface area contributed by atoms with Crippen molar-refractivity contribution < 1.29 is 41.6 Å². The largest absolute Gasteiger partial charge is 0.432 e. The van der Waals surface area contributed by atoms with E-state index in [9.17, 15) is 31.9 Å². The number of quaternary nitrogens is 1. The van der Waals surface area contributed by atoms with Crippen LogP contribution in [0.15, 0.2) is 36.5 Å². The number of nitrogens with one attached hydrogen (secondary N) is 3. The minimum atomic E-state index is -3.33. The van der Waals surface area contributed by atoms with Gasteiger partial charge in [-0.2, -0.15) is 13.2 Å². The molecule has 3 aromatic rings. The smallest absolute Gasteiger partial charge is 0.387 e. The van der Waals surface area contributed by atoms with E-state index >= 15 is 0 Å². The van der Waals surface area contributed by atoms with Gasteiger partial charge in [0.2, 0.25) is 11.7 Å². The van der Waals surface area contributed by atoms with Crippen LogP contribution in [0.3, 0.4) is 0 Å². The molecule has 5 rings (SSSR count). The van der Waals surface area contributed by atoms with Gasteiger partial charge in [-0.3, -0.25) is 14.4 Å². The lowest BCUT2D eigenvalue weighted by atomic mass is 9.98. The van der Waals surface area contributed by atoms with Crippen molar-refractivity contribution in [2.45, 2.75) is 39.7 Å². The normalized spacial score (nSPS) is 16.2. The van der Waals surface area contributed by atoms with Crippen molar-refractivity contribution in [2.75, 3.05) is 64.7 Å². The highest BCUT2D eigenvalue weighted by Gasteiger charge is 2.30. The average molecular weight is 717 g/mol. The summed E-state index contributed by atoms with van der Waals surface area (Å²) >= 11 is 0. The number of aryl methyl sites for hydroxylation is 1. The third-order valence-corrected chi connectivity index (χ3v) is 9.85. The van der Waals surface area contributed by atoms with Crippen molar-refractivity contribution in [2.24, 2.45) is 18.9 Å². The Morgan fingerprint density at radius 2 is 1.75 bits per heavy atom. The fourth-order valence-electron chi connectivity index (χ4n) is 6.72. The molecule has 2 unspecified atom stereocenters. The predicted octanol–water partition coefficient (Wildman–Crippen LogP) is 3.22. The summed E-state index contributed by atoms with van der Waals surface area (Å²) in [6.07, 6.45) is 3.31. The Kier molecular flexibility index (Phi) is 12.3. The van der Waals surface area contributed by atoms with Gasteiger partial charge in [0.15, 0.2) is 17.4 Å². The van der Waals surface area contributed by atoms with Gasteiger partial charge in [0, 0.05) is 81.4 Å². The molecule has 3 amide bonds. The molecule has 51 heavy (non-hydrogen) atoms. The lowest BCUT2D eigenvalue weighted by Gasteiger charge is -2.37. The molecule has 0 spiro atoms. The molecular weight excluding hydrogens is 670 g/mol. The van der Waals surface area contributed by atoms with Crippen LogP contribution >= 0.6 is 0 Å². The molecule has 276 valence electrons. The van der Waals surface area contributed by atoms with E-state index in [-0.39, 0.29) is 34.8 Å². The van der Waals surface area contributed by atoms with Crippen LogP contribution in [-0.2, 0) is 18.3 Å². The van der Waals surface area contributed by atoms with Gasteiger partial charge in [0.1, 0.15) is 0 Å². The molecule has 0 radical (unpaired) electrons. The Bertz CT molecular complexity index is 1720. The van der Waals surface area contributed by atoms with Gasteiger partial charge in [-0.25, -0.2) is 9.37 Å². The van der Waals surface area contributed by atoms with E-state index in [4.69, 9.17) is 0 Å². The van der Waals surface area contributed by atoms with E-state index in [1.165, 1.54) is 22.7 Å². The van der Waals surface area contributed by atoms with Gasteiger partial charge < -0.3 is 34.6 Å². The Labute approximate surface area is 294 Å². The molecule has 15 heteroatoms. The van der Waals surface area contributed by atoms with Crippen LogP contribution < -0.4 is 20.3 Å². The summed E-state index contributed by atoms with van der Waals surface area (Å²) in [6.45, 7) is 6.65. The first-order chi connectivity index (χ1) is 24.4. The highest BCUT2D eigenvalue weighted by atomic mass is 19.3. The summed E-state index contributed by atoms with van der Waals surface area (Å²) in [7, 11) is 3.62. The van der Waals surface area contributed by atoms with Gasteiger partial charge in [0.25, 0.3) is 11.8 Å². The lowest BCUT2D eigenvalue weighted by molar-refractivity contribution is -0.884. The summed E-state index contributed by atoms with van der Waals surface area (Å²) in [5.74, 6) is -4.01. The quantitative estimate of drug-likeness (QED) is 0.221. The number of imidazole rings is 1. The zero-order valence-electron chi connectivity index (χ0n) is 29.4. The molecule has 2 aliphatic rings. The van der Waals surface area contributed by atoms with Crippen LogP contribution in [0.4, 0.5) is 23.2 Å². The Hall–Kier alpha value is -4.50. The van der Waals surface area contributed by atoms with Crippen LogP contribution in [0, 0.1) is 23.5 Å². The number of carbonyl (C=O) groups is 3. The maximum absolute atomic E-state index is 14.8. The fourth-order valence-corrected chi connectivity index (χ4v) is 6.72. The Morgan fingerprint density at radius 1 is 1.04 bits per heavy atom. The number of alkyl halides is 2. The third kappa shape index (κ3) is 8.70. The molecule has 2 aliphatic heterocycles. The fraction of sp³-hybridized carbons (Fsp3) is 0.500. The van der Waals surface area contributed by atoms with E-state index in [1.54, 1.807) is 23.1 Å². The molecule has 0 bridgehead atoms. The van der Waals surface area contributed by atoms with Gasteiger partial charge in [-0.1, -0.05) is 13.8 Å². The summed E-state index contributed by atoms with van der Waals surface area (Å²) in [5.41, 5.74) is 1.37. The van der Waals surface area contributed by atoms with Crippen LogP contribution in [0.25, 0.3) is 11.3 Å². The molecule has 0 saturated carbocycles. The number of amides is 3. The highest BCUT2D eigenvalue weighted by molar-refractivity contribution is 6.03. The number of anilines is 1. The minimum absolute atomic E-state index is 0.0283. The van der Waals surface area contributed by atoms with Gasteiger partial charge >= 0.3 is 6.61 Å². The maximum atomic E-state index is 14.8. The van der Waals surface area contributed by atoms with Crippen LogP contribution in [0.1, 0.15) is 53.2 Å². The molecule has 1 aromatic heterocycles. The van der Waals surface area contributed by atoms with Crippen LogP contribution in [-0.4, -0.2) is 103 Å². The number of ether oxygens (including phenoxy) is 1. The molecule has 11 nitrogen and oxygen atoms in total. The summed E-state index contributed by atoms with van der Waals surface area (Å²) in [5, 5.41) is 6.05. The van der Waals surface area contributed by atoms with Crippen molar-refractivity contribution in [3.05, 3.63) is 65.1 Å². The average Bonchev–Trinajstić information content (AvgIpc) is 3.49. The number of carbonyl (C=O) groups excluding carboxylic acids is 3. The van der Waals surface area contributed by atoms with E-state index in [2.05, 4.69) is 34.3 Å². The molecule has 2 aromatic carbocycles. The monoisotopic (exact) mass is 716 g/mol. The second-order valence-electron chi connectivity index (χ2n) is 13.3. The second kappa shape index (κ2) is 16.7. The minimum Gasteiger partial charge on any atom is -0.432 e. The number of nitrogens with zero attached hydrogens (tertiary/aromatic N) is 4. The molecule has 0 aliphatic carbocycles. The number of benzene rings is 2. The number of hydrogen-bond acceptors (Lipinski definition) is 6. The molecule has 3 heterocycles. The molecule has 2 fully saturated rings. The lowest BCUT2D eigenvalue weighted by Crippen LogP contribution is -3.10. The summed E-state index contributed by atoms with van der Waals surface area (Å²) < 4.78 is 59.4. The SMILES string of the molecule is CCc1cc(NC(=O)c2ncc(-c3ccc(OC(F)F)c(F)c3F)n2C)ccc1C(=O)N1CCN(C(=O)C(CC)CC[NH+](C)CC2CNC2)CC1. The molecular formula is C36H46F4N7O4+. The van der Waals surface area contributed by atoms with E-state index in [0.29, 0.717) is 43.9 Å². The van der Waals surface area contributed by atoms with E-state index in [1.807, 2.05) is 11.8 Å². The van der Waals surface area contributed by atoms with Crippen LogP contribution in [0.5, 0.6) is 5.75 Å². The van der Waals surface area contributed by atoms with Crippen molar-refractivity contribution >= 4 is 23.4 Å². The number of hydrogen-bond donors (Lipinski definition) is 3. The number of aromatic nitrogens is 2. The first kappa shape index (κ1) is 37.7. The first-order valence-electron chi connectivity index (χ1n) is 17.4. The van der Waals surface area contributed by atoms with Crippen molar-refractivity contribution in [1.29, 1.82) is 0 Å².